The number of halogens is 2. The highest BCUT2D eigenvalue weighted by Gasteiger charge is 1.98. The van der Waals surface area contributed by atoms with E-state index in [0.29, 0.717) is 13.1 Å². The number of alkyl halides is 2. The number of rotatable bonds is 13. The van der Waals surface area contributed by atoms with Crippen molar-refractivity contribution in [3.63, 3.8) is 0 Å². The van der Waals surface area contributed by atoms with E-state index in [1.807, 2.05) is 6.92 Å². The van der Waals surface area contributed by atoms with Crippen LogP contribution in [0.3, 0.4) is 0 Å². The third kappa shape index (κ3) is 11.2. The molecular formula is C9H20Br2N6O3. The van der Waals surface area contributed by atoms with E-state index in [1.54, 1.807) is 10.0 Å². The Bertz CT molecular complexity index is 266. The van der Waals surface area contributed by atoms with E-state index in [1.165, 1.54) is 0 Å². The molecule has 0 rings (SSSR count). The molecule has 0 spiro atoms. The summed E-state index contributed by atoms with van der Waals surface area (Å²) in [6, 6.07) is 0. The zero-order chi connectivity index (χ0) is 15.1. The van der Waals surface area contributed by atoms with E-state index >= 15 is 0 Å². The average molecular weight is 420 g/mol. The molecule has 0 heterocycles. The van der Waals surface area contributed by atoms with Crippen LogP contribution in [0.25, 0.3) is 0 Å². The van der Waals surface area contributed by atoms with Gasteiger partial charge in [-0.15, -0.1) is 0 Å². The molecule has 9 nitrogen and oxygen atoms in total. The smallest absolute Gasteiger partial charge is 0.284 e. The number of likely N-dealkylation sites (N-methyl/N-ethyl adjacent to an activating group) is 1. The molecule has 0 bridgehead atoms. The molecule has 0 aliphatic heterocycles. The highest BCUT2D eigenvalue weighted by atomic mass is 79.9. The molecule has 0 atom stereocenters. The van der Waals surface area contributed by atoms with Crippen molar-refractivity contribution in [2.24, 2.45) is 21.0 Å². The summed E-state index contributed by atoms with van der Waals surface area (Å²) in [5.41, 5.74) is 0. The lowest BCUT2D eigenvalue weighted by Gasteiger charge is -2.13. The van der Waals surface area contributed by atoms with Crippen LogP contribution in [0.1, 0.15) is 6.92 Å². The van der Waals surface area contributed by atoms with Crippen LogP contribution in [0, 0.1) is 0 Å². The lowest BCUT2D eigenvalue weighted by molar-refractivity contribution is -0.0772. The second-order valence-corrected chi connectivity index (χ2v) is 4.91. The van der Waals surface area contributed by atoms with Crippen molar-refractivity contribution in [3.05, 3.63) is 0 Å². The molecule has 1 N–H and O–H groups in total. The zero-order valence-electron chi connectivity index (χ0n) is 11.4. The molecule has 20 heavy (non-hydrogen) atoms. The number of aliphatic hydroxyl groups excluding tert-OH is 1. The van der Waals surface area contributed by atoms with Crippen LogP contribution < -0.4 is 0 Å². The first-order chi connectivity index (χ1) is 9.78. The maximum Gasteiger partial charge on any atom is 0.284 e. The molecule has 0 aromatic rings. The van der Waals surface area contributed by atoms with Crippen LogP contribution in [0.4, 0.5) is 0 Å². The molecule has 0 saturated carbocycles. The summed E-state index contributed by atoms with van der Waals surface area (Å²) in [6.45, 7) is 4.20. The van der Waals surface area contributed by atoms with Gasteiger partial charge in [0.05, 0.1) is 13.2 Å². The lowest BCUT2D eigenvalue weighted by atomic mass is 10.6. The van der Waals surface area contributed by atoms with Crippen LogP contribution in [-0.2, 0) is 9.68 Å². The predicted molar refractivity (Wildman–Crippen MR) is 80.2 cm³/mol. The van der Waals surface area contributed by atoms with Crippen LogP contribution in [0.2, 0.25) is 0 Å². The van der Waals surface area contributed by atoms with Crippen molar-refractivity contribution in [2.75, 3.05) is 50.2 Å². The minimum atomic E-state index is -0.180. The standard InChI is InChI=1S/C9H20Br2N6O3/c1-2-16(7-8-18)12-14-19-9-20-15-13-17(5-3-10)6-4-11/h18H,2-9H2,1H3. The Morgan fingerprint density at radius 1 is 0.950 bits per heavy atom. The van der Waals surface area contributed by atoms with Gasteiger partial charge in [0.15, 0.2) is 0 Å². The van der Waals surface area contributed by atoms with Gasteiger partial charge in [0.2, 0.25) is 0 Å². The second-order valence-electron chi connectivity index (χ2n) is 3.32. The van der Waals surface area contributed by atoms with Gasteiger partial charge in [-0.05, 0) is 17.4 Å². The van der Waals surface area contributed by atoms with Crippen molar-refractivity contribution in [1.82, 2.24) is 10.0 Å². The van der Waals surface area contributed by atoms with E-state index in [4.69, 9.17) is 14.8 Å². The summed E-state index contributed by atoms with van der Waals surface area (Å²) in [5, 5.41) is 28.1. The molecular weight excluding hydrogens is 400 g/mol. The Balaban J connectivity index is 3.75. The number of nitrogens with zero attached hydrogens (tertiary/aromatic N) is 6. The van der Waals surface area contributed by atoms with E-state index < -0.39 is 0 Å². The van der Waals surface area contributed by atoms with Crippen molar-refractivity contribution < 1.29 is 14.8 Å². The van der Waals surface area contributed by atoms with Gasteiger partial charge in [0.25, 0.3) is 6.79 Å². The highest BCUT2D eigenvalue weighted by molar-refractivity contribution is 9.09. The number of hydrogen-bond acceptors (Lipinski definition) is 7. The summed E-state index contributed by atoms with van der Waals surface area (Å²) < 4.78 is 0. The molecule has 0 aromatic heterocycles. The summed E-state index contributed by atoms with van der Waals surface area (Å²) in [4.78, 5) is 9.51. The Morgan fingerprint density at radius 2 is 1.50 bits per heavy atom. The molecule has 0 amide bonds. The largest absolute Gasteiger partial charge is 0.394 e. The molecule has 0 saturated heterocycles. The monoisotopic (exact) mass is 418 g/mol. The fraction of sp³-hybridized carbons (Fsp3) is 1.00. The van der Waals surface area contributed by atoms with Gasteiger partial charge in [-0.25, -0.2) is 0 Å². The molecule has 0 aromatic carbocycles. The minimum Gasteiger partial charge on any atom is -0.394 e. The van der Waals surface area contributed by atoms with Crippen molar-refractivity contribution in [2.45, 2.75) is 6.92 Å². The van der Waals surface area contributed by atoms with Crippen LogP contribution >= 0.6 is 31.9 Å². The second kappa shape index (κ2) is 14.7. The van der Waals surface area contributed by atoms with Crippen LogP contribution in [0.5, 0.6) is 0 Å². The van der Waals surface area contributed by atoms with E-state index in [2.05, 4.69) is 52.9 Å². The Labute approximate surface area is 135 Å². The average Bonchev–Trinajstić information content (AvgIpc) is 2.45. The first-order valence-electron chi connectivity index (χ1n) is 6.07. The van der Waals surface area contributed by atoms with Crippen molar-refractivity contribution in [3.8, 4) is 0 Å². The van der Waals surface area contributed by atoms with Crippen molar-refractivity contribution >= 4 is 31.9 Å². The van der Waals surface area contributed by atoms with Gasteiger partial charge in [-0.3, -0.25) is 10.0 Å². The van der Waals surface area contributed by atoms with E-state index in [-0.39, 0.29) is 13.4 Å². The van der Waals surface area contributed by atoms with E-state index in [0.717, 1.165) is 23.7 Å². The quantitative estimate of drug-likeness (QED) is 0.162. The van der Waals surface area contributed by atoms with E-state index in [9.17, 15) is 0 Å². The third-order valence-corrected chi connectivity index (χ3v) is 2.66. The maximum absolute atomic E-state index is 8.73. The minimum absolute atomic E-state index is 0.00848. The fourth-order valence-corrected chi connectivity index (χ4v) is 1.82. The zero-order valence-corrected chi connectivity index (χ0v) is 14.5. The van der Waals surface area contributed by atoms with Gasteiger partial charge in [-0.1, -0.05) is 31.9 Å². The normalized spacial score (nSPS) is 11.2. The first-order valence-corrected chi connectivity index (χ1v) is 8.31. The summed E-state index contributed by atoms with van der Waals surface area (Å²) in [5.74, 6) is 0. The molecule has 0 unspecified atom stereocenters. The SMILES string of the molecule is CCN(CCO)N=NOCON=NN(CCBr)CCBr. The van der Waals surface area contributed by atoms with Crippen molar-refractivity contribution in [1.29, 1.82) is 0 Å². The molecule has 11 heteroatoms. The number of hydrogen-bond donors (Lipinski definition) is 1. The fourth-order valence-electron chi connectivity index (χ4n) is 1.00. The maximum atomic E-state index is 8.73. The first kappa shape index (κ1) is 19.3. The molecule has 0 aliphatic rings. The lowest BCUT2D eigenvalue weighted by Crippen LogP contribution is -2.21. The van der Waals surface area contributed by atoms with Gasteiger partial charge in [0, 0.05) is 40.8 Å². The van der Waals surface area contributed by atoms with Gasteiger partial charge >= 0.3 is 0 Å². The van der Waals surface area contributed by atoms with Gasteiger partial charge in [0.1, 0.15) is 0 Å². The van der Waals surface area contributed by atoms with Gasteiger partial charge in [-0.2, -0.15) is 0 Å². The van der Waals surface area contributed by atoms with Gasteiger partial charge < -0.3 is 14.8 Å². The van der Waals surface area contributed by atoms with Crippen LogP contribution in [-0.4, -0.2) is 65.4 Å². The molecule has 0 aliphatic carbocycles. The topological polar surface area (TPSA) is 94.6 Å². The number of aliphatic hydroxyl groups is 1. The Morgan fingerprint density at radius 3 is 1.95 bits per heavy atom. The highest BCUT2D eigenvalue weighted by Crippen LogP contribution is 1.97. The Kier molecular flexibility index (Phi) is 14.2. The predicted octanol–water partition coefficient (Wildman–Crippen LogP) is 1.95. The molecule has 0 radical (unpaired) electrons. The third-order valence-electron chi connectivity index (χ3n) is 1.96. The summed E-state index contributed by atoms with van der Waals surface area (Å²) in [6.07, 6.45) is 0. The summed E-state index contributed by atoms with van der Waals surface area (Å²) in [7, 11) is 0. The molecule has 0 fully saturated rings. The Hall–Kier alpha value is -0.680. The van der Waals surface area contributed by atoms with Crippen LogP contribution in [0.15, 0.2) is 21.0 Å². The molecule has 118 valence electrons. The summed E-state index contributed by atoms with van der Waals surface area (Å²) >= 11 is 6.64.